The molecule has 0 fully saturated rings. The van der Waals surface area contributed by atoms with Crippen LogP contribution in [0.3, 0.4) is 0 Å². The average molecular weight is 119 g/mol. The Kier molecular flexibility index (Phi) is 1.41. The van der Waals surface area contributed by atoms with Crippen molar-refractivity contribution in [3.05, 3.63) is 23.8 Å². The van der Waals surface area contributed by atoms with Crippen molar-refractivity contribution in [2.24, 2.45) is 0 Å². The molecule has 0 saturated heterocycles. The number of nitriles is 1. The maximum atomic E-state index is 8.31. The Morgan fingerprint density at radius 1 is 1.56 bits per heavy atom. The van der Waals surface area contributed by atoms with E-state index in [1.807, 2.05) is 6.07 Å². The van der Waals surface area contributed by atoms with Gasteiger partial charge in [0, 0.05) is 6.20 Å². The number of nitrogens with zero attached hydrogens (tertiary/aromatic N) is 3. The molecule has 1 rings (SSSR count). The van der Waals surface area contributed by atoms with Gasteiger partial charge in [0.2, 0.25) is 0 Å². The van der Waals surface area contributed by atoms with Crippen molar-refractivity contribution in [2.75, 3.05) is 0 Å². The third kappa shape index (κ3) is 1.23. The summed E-state index contributed by atoms with van der Waals surface area (Å²) < 4.78 is 0. The van der Waals surface area contributed by atoms with E-state index in [4.69, 9.17) is 5.26 Å². The number of hydrogen-bond acceptors (Lipinski definition) is 3. The van der Waals surface area contributed by atoms with E-state index in [2.05, 4.69) is 9.97 Å². The lowest BCUT2D eigenvalue weighted by atomic mass is 10.4. The normalized spacial score (nSPS) is 8.44. The zero-order chi connectivity index (χ0) is 6.69. The predicted molar refractivity (Wildman–Crippen MR) is 31.5 cm³/mol. The Morgan fingerprint density at radius 3 is 2.78 bits per heavy atom. The van der Waals surface area contributed by atoms with Crippen LogP contribution in [0.15, 0.2) is 12.4 Å². The highest BCUT2D eigenvalue weighted by atomic mass is 14.8. The highest BCUT2D eigenvalue weighted by Crippen LogP contribution is 1.90. The van der Waals surface area contributed by atoms with Crippen molar-refractivity contribution < 1.29 is 0 Å². The van der Waals surface area contributed by atoms with E-state index in [1.165, 1.54) is 6.20 Å². The van der Waals surface area contributed by atoms with Gasteiger partial charge in [0.25, 0.3) is 0 Å². The van der Waals surface area contributed by atoms with Crippen LogP contribution in [0.25, 0.3) is 0 Å². The van der Waals surface area contributed by atoms with Gasteiger partial charge >= 0.3 is 0 Å². The molecule has 0 aliphatic rings. The minimum absolute atomic E-state index is 0.370. The van der Waals surface area contributed by atoms with Gasteiger partial charge in [0.15, 0.2) is 5.69 Å². The van der Waals surface area contributed by atoms with Crippen molar-refractivity contribution >= 4 is 0 Å². The lowest BCUT2D eigenvalue weighted by Crippen LogP contribution is -1.86. The first kappa shape index (κ1) is 5.70. The second kappa shape index (κ2) is 2.23. The fraction of sp³-hybridized carbons (Fsp3) is 0.167. The quantitative estimate of drug-likeness (QED) is 0.504. The zero-order valence-electron chi connectivity index (χ0n) is 5.00. The van der Waals surface area contributed by atoms with Crippen molar-refractivity contribution in [3.8, 4) is 6.07 Å². The summed E-state index contributed by atoms with van der Waals surface area (Å²) in [5.74, 6) is 0. The van der Waals surface area contributed by atoms with Crippen LogP contribution in [-0.4, -0.2) is 9.97 Å². The Hall–Kier alpha value is -1.43. The molecule has 0 N–H and O–H groups in total. The predicted octanol–water partition coefficient (Wildman–Crippen LogP) is 0.657. The van der Waals surface area contributed by atoms with Crippen LogP contribution < -0.4 is 0 Å². The van der Waals surface area contributed by atoms with Gasteiger partial charge in [-0.05, 0) is 6.92 Å². The second-order valence-electron chi connectivity index (χ2n) is 1.66. The summed E-state index contributed by atoms with van der Waals surface area (Å²) >= 11 is 0. The highest BCUT2D eigenvalue weighted by molar-refractivity contribution is 5.16. The third-order valence-corrected chi connectivity index (χ3v) is 0.870. The number of aryl methyl sites for hydroxylation is 1. The molecule has 9 heavy (non-hydrogen) atoms. The van der Waals surface area contributed by atoms with Gasteiger partial charge < -0.3 is 0 Å². The molecule has 0 spiro atoms. The highest BCUT2D eigenvalue weighted by Gasteiger charge is 1.89. The first-order chi connectivity index (χ1) is 4.33. The second-order valence-corrected chi connectivity index (χ2v) is 1.66. The molecule has 0 radical (unpaired) electrons. The van der Waals surface area contributed by atoms with Crippen molar-refractivity contribution in [1.82, 2.24) is 9.97 Å². The lowest BCUT2D eigenvalue weighted by Gasteiger charge is -1.87. The Bertz CT molecular complexity index is 249. The maximum Gasteiger partial charge on any atom is 0.159 e. The monoisotopic (exact) mass is 119 g/mol. The standard InChI is InChI=1S/C6H5N3/c1-5-3-8-4-6(2-7)9-5/h3-4H,1H3. The third-order valence-electron chi connectivity index (χ3n) is 0.870. The van der Waals surface area contributed by atoms with E-state index in [0.717, 1.165) is 5.69 Å². The van der Waals surface area contributed by atoms with Crippen molar-refractivity contribution in [1.29, 1.82) is 5.26 Å². The first-order valence-corrected chi connectivity index (χ1v) is 2.51. The lowest BCUT2D eigenvalue weighted by molar-refractivity contribution is 1.09. The molecule has 3 nitrogen and oxygen atoms in total. The van der Waals surface area contributed by atoms with Crippen LogP contribution in [0, 0.1) is 18.3 Å². The van der Waals surface area contributed by atoms with E-state index in [1.54, 1.807) is 13.1 Å². The first-order valence-electron chi connectivity index (χ1n) is 2.51. The van der Waals surface area contributed by atoms with Crippen LogP contribution in [0.5, 0.6) is 0 Å². The number of hydrogen-bond donors (Lipinski definition) is 0. The summed E-state index contributed by atoms with van der Waals surface area (Å²) in [5, 5.41) is 8.31. The molecule has 44 valence electrons. The minimum atomic E-state index is 0.370. The van der Waals surface area contributed by atoms with Crippen molar-refractivity contribution in [2.45, 2.75) is 6.92 Å². The van der Waals surface area contributed by atoms with Gasteiger partial charge in [-0.2, -0.15) is 5.26 Å². The maximum absolute atomic E-state index is 8.31. The summed E-state index contributed by atoms with van der Waals surface area (Å²) in [4.78, 5) is 7.64. The molecular formula is C6H5N3. The molecule has 0 bridgehead atoms. The van der Waals surface area contributed by atoms with E-state index >= 15 is 0 Å². The van der Waals surface area contributed by atoms with Gasteiger partial charge in [0.05, 0.1) is 11.9 Å². The molecule has 3 heteroatoms. The summed E-state index contributed by atoms with van der Waals surface area (Å²) in [6.07, 6.45) is 3.05. The largest absolute Gasteiger partial charge is 0.260 e. The fourth-order valence-corrected chi connectivity index (χ4v) is 0.517. The SMILES string of the molecule is Cc1cncc(C#N)n1. The molecule has 0 unspecified atom stereocenters. The van der Waals surface area contributed by atoms with Gasteiger partial charge in [-0.25, -0.2) is 4.98 Å². The molecule has 1 aromatic heterocycles. The van der Waals surface area contributed by atoms with Gasteiger partial charge in [-0.15, -0.1) is 0 Å². The Morgan fingerprint density at radius 2 is 2.33 bits per heavy atom. The molecule has 0 aromatic carbocycles. The average Bonchev–Trinajstić information content (AvgIpc) is 1.88. The molecular weight excluding hydrogens is 114 g/mol. The summed E-state index contributed by atoms with van der Waals surface area (Å²) in [6.45, 7) is 1.80. The summed E-state index contributed by atoms with van der Waals surface area (Å²) in [5.41, 5.74) is 1.14. The van der Waals surface area contributed by atoms with Crippen LogP contribution in [0.1, 0.15) is 11.4 Å². The van der Waals surface area contributed by atoms with Crippen LogP contribution in [0.2, 0.25) is 0 Å². The zero-order valence-corrected chi connectivity index (χ0v) is 5.00. The molecule has 0 aliphatic heterocycles. The molecule has 0 saturated carbocycles. The fourth-order valence-electron chi connectivity index (χ4n) is 0.517. The van der Waals surface area contributed by atoms with Gasteiger partial charge in [-0.1, -0.05) is 0 Å². The molecule has 1 heterocycles. The van der Waals surface area contributed by atoms with E-state index < -0.39 is 0 Å². The van der Waals surface area contributed by atoms with Crippen LogP contribution in [0.4, 0.5) is 0 Å². The van der Waals surface area contributed by atoms with Gasteiger partial charge in [0.1, 0.15) is 6.07 Å². The molecule has 1 aromatic rings. The minimum Gasteiger partial charge on any atom is -0.260 e. The van der Waals surface area contributed by atoms with Crippen molar-refractivity contribution in [3.63, 3.8) is 0 Å². The summed E-state index contributed by atoms with van der Waals surface area (Å²) in [7, 11) is 0. The van der Waals surface area contributed by atoms with E-state index in [-0.39, 0.29) is 0 Å². The molecule has 0 atom stereocenters. The number of rotatable bonds is 0. The molecule has 0 amide bonds. The van der Waals surface area contributed by atoms with E-state index in [9.17, 15) is 0 Å². The molecule has 0 aliphatic carbocycles. The Balaban J connectivity index is 3.12. The van der Waals surface area contributed by atoms with Crippen LogP contribution >= 0.6 is 0 Å². The van der Waals surface area contributed by atoms with Crippen LogP contribution in [-0.2, 0) is 0 Å². The van der Waals surface area contributed by atoms with E-state index in [0.29, 0.717) is 5.69 Å². The summed E-state index contributed by atoms with van der Waals surface area (Å²) in [6, 6.07) is 1.89. The topological polar surface area (TPSA) is 49.6 Å². The smallest absolute Gasteiger partial charge is 0.159 e. The van der Waals surface area contributed by atoms with Gasteiger partial charge in [-0.3, -0.25) is 4.98 Å². The number of aromatic nitrogens is 2. The Labute approximate surface area is 53.0 Å².